The standard InChI is InChI=1S/C18H26N2O5/c1-12-11-19(8-9-20(12)17(23)25-18(2,3)4)13-6-7-15(24-5)14(10-13)16(21)22/h6-7,10,12H,8-9,11H2,1-5H3,(H,21,22). The average Bonchev–Trinajstić information content (AvgIpc) is 2.52. The van der Waals surface area contributed by atoms with E-state index in [-0.39, 0.29) is 17.7 Å². The number of nitrogens with zero attached hydrogens (tertiary/aromatic N) is 2. The molecule has 1 fully saturated rings. The lowest BCUT2D eigenvalue weighted by Gasteiger charge is -2.41. The van der Waals surface area contributed by atoms with E-state index in [2.05, 4.69) is 4.90 Å². The summed E-state index contributed by atoms with van der Waals surface area (Å²) in [5.41, 5.74) is 0.399. The first-order valence-electron chi connectivity index (χ1n) is 8.28. The van der Waals surface area contributed by atoms with Crippen molar-refractivity contribution in [1.29, 1.82) is 0 Å². The number of methoxy groups -OCH3 is 1. The minimum Gasteiger partial charge on any atom is -0.496 e. The van der Waals surface area contributed by atoms with Crippen molar-refractivity contribution in [2.45, 2.75) is 39.3 Å². The van der Waals surface area contributed by atoms with Gasteiger partial charge in [-0.25, -0.2) is 9.59 Å². The first-order chi connectivity index (χ1) is 11.6. The Labute approximate surface area is 148 Å². The monoisotopic (exact) mass is 350 g/mol. The maximum absolute atomic E-state index is 12.3. The van der Waals surface area contributed by atoms with Crippen molar-refractivity contribution in [2.75, 3.05) is 31.6 Å². The second kappa shape index (κ2) is 7.21. The Morgan fingerprint density at radius 3 is 2.44 bits per heavy atom. The highest BCUT2D eigenvalue weighted by Crippen LogP contribution is 2.27. The van der Waals surface area contributed by atoms with Crippen LogP contribution in [0.25, 0.3) is 0 Å². The minimum absolute atomic E-state index is 0.0426. The van der Waals surface area contributed by atoms with Gasteiger partial charge in [0.05, 0.1) is 7.11 Å². The van der Waals surface area contributed by atoms with Crippen molar-refractivity contribution in [3.8, 4) is 5.75 Å². The summed E-state index contributed by atoms with van der Waals surface area (Å²) in [5, 5.41) is 9.33. The Balaban J connectivity index is 2.12. The van der Waals surface area contributed by atoms with Crippen molar-refractivity contribution in [2.24, 2.45) is 0 Å². The number of amides is 1. The number of ether oxygens (including phenoxy) is 2. The van der Waals surface area contributed by atoms with Crippen molar-refractivity contribution >= 4 is 17.7 Å². The summed E-state index contributed by atoms with van der Waals surface area (Å²) in [6.45, 7) is 9.21. The predicted octanol–water partition coefficient (Wildman–Crippen LogP) is 2.84. The number of aromatic carboxylic acids is 1. The van der Waals surface area contributed by atoms with Gasteiger partial charge in [-0.3, -0.25) is 0 Å². The number of hydrogen-bond donors (Lipinski definition) is 1. The van der Waals surface area contributed by atoms with E-state index in [0.29, 0.717) is 25.4 Å². The molecule has 7 heteroatoms. The van der Waals surface area contributed by atoms with Gasteiger partial charge in [-0.1, -0.05) is 0 Å². The van der Waals surface area contributed by atoms with E-state index in [9.17, 15) is 14.7 Å². The van der Waals surface area contributed by atoms with Crippen molar-refractivity contribution in [1.82, 2.24) is 4.90 Å². The van der Waals surface area contributed by atoms with Crippen LogP contribution in [0, 0.1) is 0 Å². The number of carboxylic acids is 1. The Morgan fingerprint density at radius 2 is 1.92 bits per heavy atom. The van der Waals surface area contributed by atoms with Crippen molar-refractivity contribution < 1.29 is 24.2 Å². The fourth-order valence-corrected chi connectivity index (χ4v) is 2.84. The Bertz CT molecular complexity index is 653. The fraction of sp³-hybridized carbons (Fsp3) is 0.556. The summed E-state index contributed by atoms with van der Waals surface area (Å²) < 4.78 is 10.5. The number of rotatable bonds is 3. The van der Waals surface area contributed by atoms with Crippen LogP contribution in [0.2, 0.25) is 0 Å². The predicted molar refractivity (Wildman–Crippen MR) is 94.6 cm³/mol. The van der Waals surface area contributed by atoms with Gasteiger partial charge in [-0.15, -0.1) is 0 Å². The van der Waals surface area contributed by atoms with Crippen LogP contribution in [0.1, 0.15) is 38.1 Å². The lowest BCUT2D eigenvalue weighted by Crippen LogP contribution is -2.55. The second-order valence-electron chi connectivity index (χ2n) is 7.16. The van der Waals surface area contributed by atoms with Crippen LogP contribution in [-0.2, 0) is 4.74 Å². The van der Waals surface area contributed by atoms with E-state index in [4.69, 9.17) is 9.47 Å². The number of piperazine rings is 1. The van der Waals surface area contributed by atoms with E-state index in [1.807, 2.05) is 33.8 Å². The molecule has 1 unspecified atom stereocenters. The number of carbonyl (C=O) groups is 2. The Hall–Kier alpha value is -2.44. The molecule has 1 amide bonds. The molecule has 0 radical (unpaired) electrons. The Morgan fingerprint density at radius 1 is 1.24 bits per heavy atom. The third-order valence-corrected chi connectivity index (χ3v) is 4.03. The molecule has 1 N–H and O–H groups in total. The van der Waals surface area contributed by atoms with Gasteiger partial charge < -0.3 is 24.4 Å². The molecule has 0 aromatic heterocycles. The van der Waals surface area contributed by atoms with Crippen molar-refractivity contribution in [3.05, 3.63) is 23.8 Å². The fourth-order valence-electron chi connectivity index (χ4n) is 2.84. The van der Waals surface area contributed by atoms with Crippen LogP contribution < -0.4 is 9.64 Å². The lowest BCUT2D eigenvalue weighted by atomic mass is 10.1. The van der Waals surface area contributed by atoms with Crippen LogP contribution in [0.5, 0.6) is 5.75 Å². The highest BCUT2D eigenvalue weighted by molar-refractivity contribution is 5.92. The van der Waals surface area contributed by atoms with Gasteiger partial charge in [0.25, 0.3) is 0 Å². The highest BCUT2D eigenvalue weighted by Gasteiger charge is 2.31. The maximum atomic E-state index is 12.3. The number of hydrogen-bond acceptors (Lipinski definition) is 5. The molecule has 1 aromatic rings. The van der Waals surface area contributed by atoms with Crippen LogP contribution in [0.3, 0.4) is 0 Å². The molecule has 0 spiro atoms. The van der Waals surface area contributed by atoms with Gasteiger partial charge in [0.2, 0.25) is 0 Å². The summed E-state index contributed by atoms with van der Waals surface area (Å²) >= 11 is 0. The van der Waals surface area contributed by atoms with E-state index in [1.165, 1.54) is 7.11 Å². The van der Waals surface area contributed by atoms with E-state index in [0.717, 1.165) is 5.69 Å². The molecule has 25 heavy (non-hydrogen) atoms. The largest absolute Gasteiger partial charge is 0.496 e. The highest BCUT2D eigenvalue weighted by atomic mass is 16.6. The van der Waals surface area contributed by atoms with Crippen molar-refractivity contribution in [3.63, 3.8) is 0 Å². The molecule has 1 heterocycles. The number of anilines is 1. The molecule has 1 atom stereocenters. The molecule has 0 saturated carbocycles. The first-order valence-corrected chi connectivity index (χ1v) is 8.28. The smallest absolute Gasteiger partial charge is 0.410 e. The molecule has 1 saturated heterocycles. The van der Waals surface area contributed by atoms with Gasteiger partial charge in [0.15, 0.2) is 0 Å². The first kappa shape index (κ1) is 18.9. The van der Waals surface area contributed by atoms with Crippen LogP contribution in [0.4, 0.5) is 10.5 Å². The topological polar surface area (TPSA) is 79.3 Å². The molecule has 7 nitrogen and oxygen atoms in total. The molecule has 1 aliphatic heterocycles. The number of benzene rings is 1. The minimum atomic E-state index is -1.03. The molecule has 0 bridgehead atoms. The zero-order chi connectivity index (χ0) is 18.8. The molecule has 1 aliphatic rings. The van der Waals surface area contributed by atoms with Gasteiger partial charge >= 0.3 is 12.1 Å². The second-order valence-corrected chi connectivity index (χ2v) is 7.16. The quantitative estimate of drug-likeness (QED) is 0.903. The third-order valence-electron chi connectivity index (χ3n) is 4.03. The van der Waals surface area contributed by atoms with Crippen LogP contribution >= 0.6 is 0 Å². The van der Waals surface area contributed by atoms with E-state index >= 15 is 0 Å². The van der Waals surface area contributed by atoms with Gasteiger partial charge in [-0.2, -0.15) is 0 Å². The molecular weight excluding hydrogens is 324 g/mol. The molecular formula is C18H26N2O5. The lowest BCUT2D eigenvalue weighted by molar-refractivity contribution is 0.0159. The van der Waals surface area contributed by atoms with E-state index < -0.39 is 11.6 Å². The summed E-state index contributed by atoms with van der Waals surface area (Å²) in [5.74, 6) is -0.698. The zero-order valence-electron chi connectivity index (χ0n) is 15.4. The average molecular weight is 350 g/mol. The molecule has 2 rings (SSSR count). The Kier molecular flexibility index (Phi) is 5.45. The van der Waals surface area contributed by atoms with Gasteiger partial charge in [-0.05, 0) is 45.9 Å². The molecule has 138 valence electrons. The van der Waals surface area contributed by atoms with Gasteiger partial charge in [0, 0.05) is 31.4 Å². The number of carboxylic acid groups (broad SMARTS) is 1. The summed E-state index contributed by atoms with van der Waals surface area (Å²) in [6, 6.07) is 5.06. The van der Waals surface area contributed by atoms with Crippen LogP contribution in [-0.4, -0.2) is 60.5 Å². The van der Waals surface area contributed by atoms with Gasteiger partial charge in [0.1, 0.15) is 16.9 Å². The van der Waals surface area contributed by atoms with Crippen LogP contribution in [0.15, 0.2) is 18.2 Å². The maximum Gasteiger partial charge on any atom is 0.410 e. The summed E-state index contributed by atoms with van der Waals surface area (Å²) in [6.07, 6.45) is -0.319. The molecule has 0 aliphatic carbocycles. The third kappa shape index (κ3) is 4.55. The summed E-state index contributed by atoms with van der Waals surface area (Å²) in [7, 11) is 1.45. The normalized spacial score (nSPS) is 18.0. The summed E-state index contributed by atoms with van der Waals surface area (Å²) in [4.78, 5) is 27.5. The SMILES string of the molecule is COc1ccc(N2CCN(C(=O)OC(C)(C)C)C(C)C2)cc1C(=O)O. The number of carbonyl (C=O) groups excluding carboxylic acids is 1. The zero-order valence-corrected chi connectivity index (χ0v) is 15.4. The van der Waals surface area contributed by atoms with E-state index in [1.54, 1.807) is 17.0 Å². The molecule has 1 aromatic carbocycles.